The lowest BCUT2D eigenvalue weighted by atomic mass is 10.2. The summed E-state index contributed by atoms with van der Waals surface area (Å²) in [6.45, 7) is 1.94. The van der Waals surface area contributed by atoms with Gasteiger partial charge in [0.2, 0.25) is 0 Å². The lowest BCUT2D eigenvalue weighted by Gasteiger charge is -2.06. The number of benzene rings is 1. The van der Waals surface area contributed by atoms with E-state index in [0.717, 1.165) is 17.1 Å². The van der Waals surface area contributed by atoms with Crippen molar-refractivity contribution in [2.24, 2.45) is 7.05 Å². The quantitative estimate of drug-likeness (QED) is 0.849. The fraction of sp³-hybridized carbons (Fsp3) is 0.167. The maximum absolute atomic E-state index is 10.8. The second-order valence-corrected chi connectivity index (χ2v) is 3.78. The Hall–Kier alpha value is -2.30. The van der Waals surface area contributed by atoms with E-state index in [1.54, 1.807) is 29.1 Å². The zero-order chi connectivity index (χ0) is 12.4. The number of nitrogens with zero attached hydrogens (tertiary/aromatic N) is 2. The highest BCUT2D eigenvalue weighted by Gasteiger charge is 2.06. The Bertz CT molecular complexity index is 561. The van der Waals surface area contributed by atoms with Gasteiger partial charge in [-0.1, -0.05) is 6.07 Å². The lowest BCUT2D eigenvalue weighted by molar-refractivity contribution is 0.0697. The molecular formula is C12H13N3O2. The molecule has 1 aromatic carbocycles. The Balaban J connectivity index is 2.27. The largest absolute Gasteiger partial charge is 0.478 e. The van der Waals surface area contributed by atoms with Crippen LogP contribution in [0, 0.1) is 6.92 Å². The zero-order valence-corrected chi connectivity index (χ0v) is 9.64. The number of carboxylic acid groups (broad SMARTS) is 1. The molecule has 1 aromatic heterocycles. The van der Waals surface area contributed by atoms with Crippen LogP contribution in [-0.4, -0.2) is 20.9 Å². The number of carbonyl (C=O) groups is 1. The summed E-state index contributed by atoms with van der Waals surface area (Å²) in [7, 11) is 1.86. The van der Waals surface area contributed by atoms with Crippen LogP contribution in [-0.2, 0) is 7.05 Å². The van der Waals surface area contributed by atoms with Gasteiger partial charge in [0.25, 0.3) is 0 Å². The second kappa shape index (κ2) is 4.29. The molecule has 1 heterocycles. The van der Waals surface area contributed by atoms with E-state index in [4.69, 9.17) is 5.11 Å². The van der Waals surface area contributed by atoms with Gasteiger partial charge in [-0.3, -0.25) is 4.68 Å². The van der Waals surface area contributed by atoms with Crippen LogP contribution in [0.2, 0.25) is 0 Å². The molecule has 0 radical (unpaired) electrons. The number of hydrogen-bond acceptors (Lipinski definition) is 3. The van der Waals surface area contributed by atoms with Gasteiger partial charge in [-0.15, -0.1) is 0 Å². The number of aromatic nitrogens is 2. The molecule has 0 saturated carbocycles. The number of rotatable bonds is 3. The Labute approximate surface area is 98.7 Å². The molecule has 2 N–H and O–H groups in total. The summed E-state index contributed by atoms with van der Waals surface area (Å²) in [5.74, 6) is -0.934. The van der Waals surface area contributed by atoms with Crippen LogP contribution in [0.4, 0.5) is 11.4 Å². The number of carboxylic acids is 1. The fourth-order valence-electron chi connectivity index (χ4n) is 1.51. The number of aromatic carboxylic acids is 1. The monoisotopic (exact) mass is 231 g/mol. The van der Waals surface area contributed by atoms with Crippen molar-refractivity contribution in [1.29, 1.82) is 0 Å². The van der Waals surface area contributed by atoms with Crippen LogP contribution in [0.25, 0.3) is 0 Å². The van der Waals surface area contributed by atoms with E-state index in [9.17, 15) is 4.79 Å². The third kappa shape index (κ3) is 2.28. The maximum atomic E-state index is 10.8. The van der Waals surface area contributed by atoms with Crippen molar-refractivity contribution in [3.63, 3.8) is 0 Å². The first-order valence-corrected chi connectivity index (χ1v) is 5.17. The Kier molecular flexibility index (Phi) is 2.82. The molecule has 0 aliphatic rings. The van der Waals surface area contributed by atoms with Gasteiger partial charge in [-0.05, 0) is 25.1 Å². The molecule has 0 atom stereocenters. The fourth-order valence-corrected chi connectivity index (χ4v) is 1.51. The summed E-state index contributed by atoms with van der Waals surface area (Å²) >= 11 is 0. The summed E-state index contributed by atoms with van der Waals surface area (Å²) in [6, 6.07) is 6.68. The highest BCUT2D eigenvalue weighted by Crippen LogP contribution is 2.20. The average molecular weight is 231 g/mol. The topological polar surface area (TPSA) is 67.2 Å². The first-order valence-electron chi connectivity index (χ1n) is 5.17. The van der Waals surface area contributed by atoms with Crippen LogP contribution in [0.15, 0.2) is 30.5 Å². The highest BCUT2D eigenvalue weighted by atomic mass is 16.4. The molecule has 0 aliphatic heterocycles. The van der Waals surface area contributed by atoms with E-state index < -0.39 is 5.97 Å². The van der Waals surface area contributed by atoms with Gasteiger partial charge in [0.15, 0.2) is 0 Å². The molecule has 0 fully saturated rings. The van der Waals surface area contributed by atoms with Gasteiger partial charge < -0.3 is 10.4 Å². The van der Waals surface area contributed by atoms with Crippen LogP contribution >= 0.6 is 0 Å². The molecule has 0 aliphatic carbocycles. The zero-order valence-electron chi connectivity index (χ0n) is 9.64. The van der Waals surface area contributed by atoms with Crippen LogP contribution < -0.4 is 5.32 Å². The van der Waals surface area contributed by atoms with E-state index in [2.05, 4.69) is 10.4 Å². The molecule has 2 aromatic rings. The first kappa shape index (κ1) is 11.2. The van der Waals surface area contributed by atoms with Crippen molar-refractivity contribution < 1.29 is 9.90 Å². The highest BCUT2D eigenvalue weighted by molar-refractivity contribution is 5.89. The summed E-state index contributed by atoms with van der Waals surface area (Å²) in [6.07, 6.45) is 1.71. The Morgan fingerprint density at radius 1 is 1.47 bits per heavy atom. The van der Waals surface area contributed by atoms with E-state index in [1.165, 1.54) is 0 Å². The van der Waals surface area contributed by atoms with E-state index in [1.807, 2.05) is 20.0 Å². The van der Waals surface area contributed by atoms with Crippen molar-refractivity contribution in [3.05, 3.63) is 41.7 Å². The Morgan fingerprint density at radius 2 is 2.24 bits per heavy atom. The number of anilines is 2. The molecule has 2 rings (SSSR count). The van der Waals surface area contributed by atoms with Crippen molar-refractivity contribution in [2.45, 2.75) is 6.92 Å². The molecular weight excluding hydrogens is 218 g/mol. The predicted octanol–water partition coefficient (Wildman–Crippen LogP) is 2.17. The summed E-state index contributed by atoms with van der Waals surface area (Å²) in [5.41, 5.74) is 2.86. The normalized spacial score (nSPS) is 10.2. The molecule has 17 heavy (non-hydrogen) atoms. The third-order valence-electron chi connectivity index (χ3n) is 2.62. The number of hydrogen-bond donors (Lipinski definition) is 2. The molecule has 0 bridgehead atoms. The number of nitrogens with one attached hydrogen (secondary N) is 1. The maximum Gasteiger partial charge on any atom is 0.335 e. The first-order chi connectivity index (χ1) is 8.08. The average Bonchev–Trinajstić information content (AvgIpc) is 2.61. The minimum absolute atomic E-state index is 0.261. The molecule has 0 spiro atoms. The molecule has 0 unspecified atom stereocenters. The van der Waals surface area contributed by atoms with Crippen LogP contribution in [0.1, 0.15) is 16.1 Å². The van der Waals surface area contributed by atoms with Gasteiger partial charge in [0.05, 0.1) is 23.1 Å². The van der Waals surface area contributed by atoms with E-state index in [-0.39, 0.29) is 5.56 Å². The predicted molar refractivity (Wildman–Crippen MR) is 64.6 cm³/mol. The van der Waals surface area contributed by atoms with Gasteiger partial charge in [-0.2, -0.15) is 5.10 Å². The Morgan fingerprint density at radius 3 is 2.82 bits per heavy atom. The SMILES string of the molecule is Cc1c(Nc2cccc(C(=O)O)c2)cnn1C. The van der Waals surface area contributed by atoms with Gasteiger partial charge in [-0.25, -0.2) is 4.79 Å². The smallest absolute Gasteiger partial charge is 0.335 e. The van der Waals surface area contributed by atoms with Crippen LogP contribution in [0.5, 0.6) is 0 Å². The molecule has 0 amide bonds. The molecule has 5 heteroatoms. The summed E-state index contributed by atoms with van der Waals surface area (Å²) in [5, 5.41) is 16.1. The van der Waals surface area contributed by atoms with Crippen molar-refractivity contribution in [1.82, 2.24) is 9.78 Å². The minimum Gasteiger partial charge on any atom is -0.478 e. The number of aryl methyl sites for hydroxylation is 1. The van der Waals surface area contributed by atoms with Crippen molar-refractivity contribution >= 4 is 17.3 Å². The molecule has 5 nitrogen and oxygen atoms in total. The second-order valence-electron chi connectivity index (χ2n) is 3.78. The van der Waals surface area contributed by atoms with Gasteiger partial charge >= 0.3 is 5.97 Å². The van der Waals surface area contributed by atoms with Crippen molar-refractivity contribution in [3.8, 4) is 0 Å². The molecule has 0 saturated heterocycles. The standard InChI is InChI=1S/C12H13N3O2/c1-8-11(7-13-15(8)2)14-10-5-3-4-9(6-10)12(16)17/h3-7,14H,1-2H3,(H,16,17). The summed E-state index contributed by atoms with van der Waals surface area (Å²) in [4.78, 5) is 10.8. The molecule has 88 valence electrons. The van der Waals surface area contributed by atoms with Crippen LogP contribution in [0.3, 0.4) is 0 Å². The minimum atomic E-state index is -0.934. The van der Waals surface area contributed by atoms with E-state index >= 15 is 0 Å². The van der Waals surface area contributed by atoms with Crippen molar-refractivity contribution in [2.75, 3.05) is 5.32 Å². The summed E-state index contributed by atoms with van der Waals surface area (Å²) < 4.78 is 1.75. The van der Waals surface area contributed by atoms with E-state index in [0.29, 0.717) is 0 Å². The van der Waals surface area contributed by atoms with Gasteiger partial charge in [0, 0.05) is 12.7 Å². The van der Waals surface area contributed by atoms with Gasteiger partial charge in [0.1, 0.15) is 0 Å². The third-order valence-corrected chi connectivity index (χ3v) is 2.62. The lowest BCUT2D eigenvalue weighted by Crippen LogP contribution is -1.98.